The van der Waals surface area contributed by atoms with Crippen LogP contribution in [0.1, 0.15) is 15.9 Å². The van der Waals surface area contributed by atoms with Crippen molar-refractivity contribution in [1.29, 1.82) is 0 Å². The van der Waals surface area contributed by atoms with Gasteiger partial charge in [0, 0.05) is 15.7 Å². The van der Waals surface area contributed by atoms with Crippen molar-refractivity contribution in [3.05, 3.63) is 58.1 Å². The van der Waals surface area contributed by atoms with E-state index >= 15 is 0 Å². The molecule has 6 heteroatoms. The second-order valence-electron chi connectivity index (χ2n) is 4.92. The number of nitrogens with one attached hydrogen (secondary N) is 2. The molecular weight excluding hydrogens is 360 g/mol. The number of methoxy groups -OCH3 is 1. The van der Waals surface area contributed by atoms with E-state index in [-0.39, 0.29) is 18.4 Å². The lowest BCUT2D eigenvalue weighted by Crippen LogP contribution is -2.32. The van der Waals surface area contributed by atoms with E-state index in [1.54, 1.807) is 37.4 Å². The van der Waals surface area contributed by atoms with Crippen molar-refractivity contribution < 1.29 is 14.3 Å². The SMILES string of the molecule is COc1ccc(C(=O)NCC(=O)Nc2ccc(Br)c(C)c2)cc1. The van der Waals surface area contributed by atoms with E-state index in [0.717, 1.165) is 10.0 Å². The Bertz CT molecular complexity index is 714. The monoisotopic (exact) mass is 376 g/mol. The van der Waals surface area contributed by atoms with Crippen LogP contribution >= 0.6 is 15.9 Å². The Morgan fingerprint density at radius 3 is 2.43 bits per heavy atom. The molecule has 0 radical (unpaired) electrons. The molecule has 2 rings (SSSR count). The molecule has 0 aliphatic heterocycles. The summed E-state index contributed by atoms with van der Waals surface area (Å²) in [7, 11) is 1.56. The molecule has 0 unspecified atom stereocenters. The third-order valence-corrected chi connectivity index (χ3v) is 4.09. The van der Waals surface area contributed by atoms with E-state index in [0.29, 0.717) is 17.0 Å². The van der Waals surface area contributed by atoms with Gasteiger partial charge in [-0.2, -0.15) is 0 Å². The fourth-order valence-corrected chi connectivity index (χ4v) is 2.18. The van der Waals surface area contributed by atoms with Gasteiger partial charge < -0.3 is 15.4 Å². The highest BCUT2D eigenvalue weighted by Gasteiger charge is 2.09. The summed E-state index contributed by atoms with van der Waals surface area (Å²) in [4.78, 5) is 23.8. The van der Waals surface area contributed by atoms with E-state index < -0.39 is 0 Å². The summed E-state index contributed by atoms with van der Waals surface area (Å²) in [6, 6.07) is 12.2. The number of halogens is 1. The Balaban J connectivity index is 1.87. The van der Waals surface area contributed by atoms with Gasteiger partial charge in [0.25, 0.3) is 5.91 Å². The number of benzene rings is 2. The van der Waals surface area contributed by atoms with Gasteiger partial charge in [0.15, 0.2) is 0 Å². The summed E-state index contributed by atoms with van der Waals surface area (Å²) in [6.07, 6.45) is 0. The lowest BCUT2D eigenvalue weighted by Gasteiger charge is -2.08. The molecule has 0 atom stereocenters. The number of carbonyl (C=O) groups is 2. The predicted octanol–water partition coefficient (Wildman–Crippen LogP) is 3.13. The van der Waals surface area contributed by atoms with Crippen LogP contribution in [0.5, 0.6) is 5.75 Å². The molecular formula is C17H17BrN2O3. The zero-order valence-electron chi connectivity index (χ0n) is 12.9. The van der Waals surface area contributed by atoms with Crippen molar-refractivity contribution >= 4 is 33.4 Å². The molecule has 0 aliphatic carbocycles. The van der Waals surface area contributed by atoms with E-state index in [2.05, 4.69) is 26.6 Å². The Labute approximate surface area is 143 Å². The molecule has 0 saturated carbocycles. The zero-order valence-corrected chi connectivity index (χ0v) is 14.4. The summed E-state index contributed by atoms with van der Waals surface area (Å²) in [5.41, 5.74) is 2.18. The minimum atomic E-state index is -0.310. The highest BCUT2D eigenvalue weighted by atomic mass is 79.9. The third-order valence-electron chi connectivity index (χ3n) is 3.20. The second kappa shape index (κ2) is 7.78. The first kappa shape index (κ1) is 17.0. The van der Waals surface area contributed by atoms with Gasteiger partial charge >= 0.3 is 0 Å². The Morgan fingerprint density at radius 1 is 1.13 bits per heavy atom. The van der Waals surface area contributed by atoms with Gasteiger partial charge in [0.05, 0.1) is 13.7 Å². The fraction of sp³-hybridized carbons (Fsp3) is 0.176. The molecule has 120 valence electrons. The maximum atomic E-state index is 12.0. The van der Waals surface area contributed by atoms with Gasteiger partial charge in [0.2, 0.25) is 5.91 Å². The van der Waals surface area contributed by atoms with Crippen LogP contribution in [-0.2, 0) is 4.79 Å². The second-order valence-corrected chi connectivity index (χ2v) is 5.78. The first-order valence-corrected chi connectivity index (χ1v) is 7.77. The van der Waals surface area contributed by atoms with E-state index in [9.17, 15) is 9.59 Å². The quantitative estimate of drug-likeness (QED) is 0.842. The molecule has 0 bridgehead atoms. The topological polar surface area (TPSA) is 67.4 Å². The van der Waals surface area contributed by atoms with Gasteiger partial charge in [-0.25, -0.2) is 0 Å². The predicted molar refractivity (Wildman–Crippen MR) is 92.8 cm³/mol. The molecule has 2 aromatic rings. The fourth-order valence-electron chi connectivity index (χ4n) is 1.93. The van der Waals surface area contributed by atoms with Crippen LogP contribution in [0.15, 0.2) is 46.9 Å². The van der Waals surface area contributed by atoms with Crippen molar-refractivity contribution in [1.82, 2.24) is 5.32 Å². The Morgan fingerprint density at radius 2 is 1.83 bits per heavy atom. The van der Waals surface area contributed by atoms with Crippen molar-refractivity contribution in [2.45, 2.75) is 6.92 Å². The maximum absolute atomic E-state index is 12.0. The number of rotatable bonds is 5. The number of hydrogen-bond donors (Lipinski definition) is 2. The molecule has 2 aromatic carbocycles. The van der Waals surface area contributed by atoms with Crippen LogP contribution in [0.2, 0.25) is 0 Å². The van der Waals surface area contributed by atoms with Crippen molar-refractivity contribution in [3.63, 3.8) is 0 Å². The number of aryl methyl sites for hydroxylation is 1. The highest BCUT2D eigenvalue weighted by Crippen LogP contribution is 2.19. The molecule has 0 heterocycles. The van der Waals surface area contributed by atoms with E-state index in [1.807, 2.05) is 19.1 Å². The molecule has 0 aliphatic rings. The normalized spacial score (nSPS) is 10.0. The first-order chi connectivity index (χ1) is 11.0. The van der Waals surface area contributed by atoms with Crippen LogP contribution in [0, 0.1) is 6.92 Å². The number of ether oxygens (including phenoxy) is 1. The van der Waals surface area contributed by atoms with Crippen LogP contribution in [0.4, 0.5) is 5.69 Å². The summed E-state index contributed by atoms with van der Waals surface area (Å²) in [5, 5.41) is 5.32. The third kappa shape index (κ3) is 4.82. The smallest absolute Gasteiger partial charge is 0.251 e. The number of anilines is 1. The van der Waals surface area contributed by atoms with Crippen LogP contribution in [-0.4, -0.2) is 25.5 Å². The summed E-state index contributed by atoms with van der Waals surface area (Å²) < 4.78 is 6.01. The summed E-state index contributed by atoms with van der Waals surface area (Å²) >= 11 is 3.40. The molecule has 0 fully saturated rings. The average Bonchev–Trinajstić information content (AvgIpc) is 2.56. The minimum Gasteiger partial charge on any atom is -0.497 e. The van der Waals surface area contributed by atoms with Crippen molar-refractivity contribution in [2.24, 2.45) is 0 Å². The lowest BCUT2D eigenvalue weighted by molar-refractivity contribution is -0.115. The Kier molecular flexibility index (Phi) is 5.76. The average molecular weight is 377 g/mol. The lowest BCUT2D eigenvalue weighted by atomic mass is 10.2. The van der Waals surface area contributed by atoms with Gasteiger partial charge in [-0.1, -0.05) is 15.9 Å². The van der Waals surface area contributed by atoms with E-state index in [4.69, 9.17) is 4.74 Å². The van der Waals surface area contributed by atoms with Crippen molar-refractivity contribution in [2.75, 3.05) is 19.0 Å². The molecule has 2 N–H and O–H groups in total. The molecule has 2 amide bonds. The molecule has 23 heavy (non-hydrogen) atoms. The van der Waals surface area contributed by atoms with Gasteiger partial charge in [-0.15, -0.1) is 0 Å². The van der Waals surface area contributed by atoms with Crippen molar-refractivity contribution in [3.8, 4) is 5.75 Å². The zero-order chi connectivity index (χ0) is 16.8. The van der Waals surface area contributed by atoms with E-state index in [1.165, 1.54) is 0 Å². The number of carbonyl (C=O) groups excluding carboxylic acids is 2. The molecule has 0 aromatic heterocycles. The molecule has 0 saturated heterocycles. The highest BCUT2D eigenvalue weighted by molar-refractivity contribution is 9.10. The minimum absolute atomic E-state index is 0.0972. The van der Waals surface area contributed by atoms with Gasteiger partial charge in [0.1, 0.15) is 5.75 Å². The summed E-state index contributed by atoms with van der Waals surface area (Å²) in [6.45, 7) is 1.84. The maximum Gasteiger partial charge on any atom is 0.251 e. The Hall–Kier alpha value is -2.34. The largest absolute Gasteiger partial charge is 0.497 e. The number of hydrogen-bond acceptors (Lipinski definition) is 3. The number of amides is 2. The van der Waals surface area contributed by atoms with Crippen LogP contribution in [0.3, 0.4) is 0 Å². The van der Waals surface area contributed by atoms with Gasteiger partial charge in [-0.3, -0.25) is 9.59 Å². The van der Waals surface area contributed by atoms with Crippen LogP contribution in [0.25, 0.3) is 0 Å². The van der Waals surface area contributed by atoms with Gasteiger partial charge in [-0.05, 0) is 55.0 Å². The molecule has 5 nitrogen and oxygen atoms in total. The summed E-state index contributed by atoms with van der Waals surface area (Å²) in [5.74, 6) is 0.0771. The molecule has 0 spiro atoms. The first-order valence-electron chi connectivity index (χ1n) is 6.98. The standard InChI is InChI=1S/C17H17BrN2O3/c1-11-9-13(5-8-15(11)18)20-16(21)10-19-17(22)12-3-6-14(23-2)7-4-12/h3-9H,10H2,1-2H3,(H,19,22)(H,20,21). The van der Waals surface area contributed by atoms with Crippen LogP contribution < -0.4 is 15.4 Å².